The van der Waals surface area contributed by atoms with Crippen molar-refractivity contribution in [2.75, 3.05) is 59.7 Å². The topological polar surface area (TPSA) is 78.4 Å². The molecular weight excluding hydrogens is 380 g/mol. The molecule has 2 aliphatic rings. The van der Waals surface area contributed by atoms with Gasteiger partial charge in [-0.05, 0) is 63.4 Å². The van der Waals surface area contributed by atoms with E-state index < -0.39 is 0 Å². The van der Waals surface area contributed by atoms with Gasteiger partial charge in [-0.3, -0.25) is 9.89 Å². The molecule has 0 spiro atoms. The summed E-state index contributed by atoms with van der Waals surface area (Å²) < 4.78 is 10.9. The average Bonchev–Trinajstić information content (AvgIpc) is 3.46. The van der Waals surface area contributed by atoms with Gasteiger partial charge in [0.15, 0.2) is 5.96 Å². The summed E-state index contributed by atoms with van der Waals surface area (Å²) in [5, 5.41) is 16.4. The highest BCUT2D eigenvalue weighted by Gasteiger charge is 2.34. The lowest BCUT2D eigenvalue weighted by Crippen LogP contribution is -2.43. The van der Waals surface area contributed by atoms with Crippen LogP contribution in [0.5, 0.6) is 5.75 Å². The van der Waals surface area contributed by atoms with Gasteiger partial charge in [0.05, 0.1) is 26.3 Å². The highest BCUT2D eigenvalue weighted by atomic mass is 16.5. The SMILES string of the molecule is CCNC(=NCC1(CCO)CCOC1)NCC(c1ccc(OC)cc1)N1CCCC1. The molecule has 0 radical (unpaired) electrons. The van der Waals surface area contributed by atoms with Crippen LogP contribution in [0.25, 0.3) is 0 Å². The molecule has 0 amide bonds. The Bertz CT molecular complexity index is 653. The van der Waals surface area contributed by atoms with Gasteiger partial charge in [-0.1, -0.05) is 12.1 Å². The minimum Gasteiger partial charge on any atom is -0.497 e. The zero-order valence-corrected chi connectivity index (χ0v) is 18.5. The van der Waals surface area contributed by atoms with Crippen LogP contribution in [0, 0.1) is 5.41 Å². The fourth-order valence-corrected chi connectivity index (χ4v) is 4.41. The number of methoxy groups -OCH3 is 1. The molecule has 0 aliphatic carbocycles. The van der Waals surface area contributed by atoms with Crippen LogP contribution >= 0.6 is 0 Å². The molecule has 2 fully saturated rings. The molecule has 1 aromatic carbocycles. The van der Waals surface area contributed by atoms with Crippen molar-refractivity contribution in [3.63, 3.8) is 0 Å². The predicted octanol–water partition coefficient (Wildman–Crippen LogP) is 2.18. The number of nitrogens with zero attached hydrogens (tertiary/aromatic N) is 2. The molecule has 7 nitrogen and oxygen atoms in total. The van der Waals surface area contributed by atoms with Crippen LogP contribution < -0.4 is 15.4 Å². The van der Waals surface area contributed by atoms with Gasteiger partial charge in [0.25, 0.3) is 0 Å². The molecule has 3 N–H and O–H groups in total. The molecular formula is C23H38N4O3. The smallest absolute Gasteiger partial charge is 0.191 e. The number of aliphatic imine (C=N–C) groups is 1. The Morgan fingerprint density at radius 3 is 2.63 bits per heavy atom. The molecule has 2 unspecified atom stereocenters. The minimum atomic E-state index is -0.0402. The van der Waals surface area contributed by atoms with E-state index in [0.29, 0.717) is 19.2 Å². The molecule has 0 bridgehead atoms. The van der Waals surface area contributed by atoms with E-state index in [1.54, 1.807) is 7.11 Å². The first-order chi connectivity index (χ1) is 14.7. The minimum absolute atomic E-state index is 0.0402. The maximum atomic E-state index is 9.47. The number of hydrogen-bond acceptors (Lipinski definition) is 5. The Labute approximate surface area is 180 Å². The van der Waals surface area contributed by atoms with E-state index in [4.69, 9.17) is 14.5 Å². The van der Waals surface area contributed by atoms with E-state index in [-0.39, 0.29) is 12.0 Å². The van der Waals surface area contributed by atoms with Gasteiger partial charge in [0.1, 0.15) is 5.75 Å². The summed E-state index contributed by atoms with van der Waals surface area (Å²) >= 11 is 0. The number of aliphatic hydroxyl groups is 1. The molecule has 2 aliphatic heterocycles. The van der Waals surface area contributed by atoms with Gasteiger partial charge in [-0.2, -0.15) is 0 Å². The highest BCUT2D eigenvalue weighted by Crippen LogP contribution is 2.32. The first-order valence-electron chi connectivity index (χ1n) is 11.3. The number of ether oxygens (including phenoxy) is 2. The number of aliphatic hydroxyl groups excluding tert-OH is 1. The zero-order valence-electron chi connectivity index (χ0n) is 18.5. The molecule has 3 rings (SSSR count). The lowest BCUT2D eigenvalue weighted by atomic mass is 9.84. The highest BCUT2D eigenvalue weighted by molar-refractivity contribution is 5.79. The number of likely N-dealkylation sites (tertiary alicyclic amines) is 1. The van der Waals surface area contributed by atoms with Gasteiger partial charge < -0.3 is 25.2 Å². The quantitative estimate of drug-likeness (QED) is 0.399. The molecule has 168 valence electrons. The van der Waals surface area contributed by atoms with E-state index in [0.717, 1.165) is 57.3 Å². The third kappa shape index (κ3) is 6.09. The first-order valence-corrected chi connectivity index (χ1v) is 11.3. The van der Waals surface area contributed by atoms with Crippen LogP contribution in [0.15, 0.2) is 29.3 Å². The Morgan fingerprint density at radius 2 is 2.03 bits per heavy atom. The third-order valence-corrected chi connectivity index (χ3v) is 6.29. The summed E-state index contributed by atoms with van der Waals surface area (Å²) in [6.45, 7) is 8.23. The lowest BCUT2D eigenvalue weighted by molar-refractivity contribution is 0.131. The predicted molar refractivity (Wildman–Crippen MR) is 120 cm³/mol. The second-order valence-electron chi connectivity index (χ2n) is 8.38. The Morgan fingerprint density at radius 1 is 1.27 bits per heavy atom. The van der Waals surface area contributed by atoms with Gasteiger partial charge >= 0.3 is 0 Å². The van der Waals surface area contributed by atoms with Crippen LogP contribution in [0.4, 0.5) is 0 Å². The maximum absolute atomic E-state index is 9.47. The molecule has 30 heavy (non-hydrogen) atoms. The monoisotopic (exact) mass is 418 g/mol. The first kappa shape index (κ1) is 22.8. The summed E-state index contributed by atoms with van der Waals surface area (Å²) in [6.07, 6.45) is 4.20. The Kier molecular flexibility index (Phi) is 8.78. The van der Waals surface area contributed by atoms with Crippen molar-refractivity contribution in [2.45, 2.75) is 38.6 Å². The summed E-state index contributed by atoms with van der Waals surface area (Å²) in [5.41, 5.74) is 1.25. The molecule has 0 saturated carbocycles. The second kappa shape index (κ2) is 11.5. The summed E-state index contributed by atoms with van der Waals surface area (Å²) in [7, 11) is 1.70. The summed E-state index contributed by atoms with van der Waals surface area (Å²) in [6, 6.07) is 8.70. The Hall–Kier alpha value is -1.83. The summed E-state index contributed by atoms with van der Waals surface area (Å²) in [5.74, 6) is 1.72. The average molecular weight is 419 g/mol. The lowest BCUT2D eigenvalue weighted by Gasteiger charge is -2.29. The Balaban J connectivity index is 1.68. The van der Waals surface area contributed by atoms with Gasteiger partial charge in [0, 0.05) is 31.7 Å². The van der Waals surface area contributed by atoms with E-state index >= 15 is 0 Å². The number of nitrogens with one attached hydrogen (secondary N) is 2. The van der Waals surface area contributed by atoms with E-state index in [1.807, 2.05) is 12.1 Å². The van der Waals surface area contributed by atoms with Gasteiger partial charge in [-0.25, -0.2) is 0 Å². The van der Waals surface area contributed by atoms with Crippen LogP contribution in [-0.4, -0.2) is 75.6 Å². The number of hydrogen-bond donors (Lipinski definition) is 3. The van der Waals surface area contributed by atoms with Gasteiger partial charge in [0.2, 0.25) is 0 Å². The maximum Gasteiger partial charge on any atom is 0.191 e. The van der Waals surface area contributed by atoms with Crippen LogP contribution in [-0.2, 0) is 4.74 Å². The fourth-order valence-electron chi connectivity index (χ4n) is 4.41. The normalized spacial score (nSPS) is 23.5. The number of guanidine groups is 1. The van der Waals surface area contributed by atoms with E-state index in [1.165, 1.54) is 18.4 Å². The molecule has 2 heterocycles. The second-order valence-corrected chi connectivity index (χ2v) is 8.38. The third-order valence-electron chi connectivity index (χ3n) is 6.29. The van der Waals surface area contributed by atoms with Crippen molar-refractivity contribution < 1.29 is 14.6 Å². The molecule has 0 aromatic heterocycles. The standard InChI is InChI=1S/C23H38N4O3/c1-3-24-22(26-17-23(10-14-28)11-15-30-18-23)25-16-21(27-12-4-5-13-27)19-6-8-20(29-2)9-7-19/h6-9,21,28H,3-5,10-18H2,1-2H3,(H2,24,25,26). The molecule has 2 saturated heterocycles. The number of benzene rings is 1. The van der Waals surface area contributed by atoms with E-state index in [2.05, 4.69) is 34.6 Å². The van der Waals surface area contributed by atoms with Crippen molar-refractivity contribution in [1.82, 2.24) is 15.5 Å². The van der Waals surface area contributed by atoms with Crippen LogP contribution in [0.1, 0.15) is 44.2 Å². The van der Waals surface area contributed by atoms with Crippen molar-refractivity contribution in [3.05, 3.63) is 29.8 Å². The fraction of sp³-hybridized carbons (Fsp3) is 0.696. The van der Waals surface area contributed by atoms with Crippen molar-refractivity contribution >= 4 is 5.96 Å². The molecule has 7 heteroatoms. The van der Waals surface area contributed by atoms with Crippen molar-refractivity contribution in [3.8, 4) is 5.75 Å². The van der Waals surface area contributed by atoms with Crippen LogP contribution in [0.3, 0.4) is 0 Å². The molecule has 2 atom stereocenters. The van der Waals surface area contributed by atoms with Gasteiger partial charge in [-0.15, -0.1) is 0 Å². The summed E-state index contributed by atoms with van der Waals surface area (Å²) in [4.78, 5) is 7.42. The largest absolute Gasteiger partial charge is 0.497 e. The van der Waals surface area contributed by atoms with Crippen molar-refractivity contribution in [1.29, 1.82) is 0 Å². The zero-order chi connectivity index (χ0) is 21.2. The number of rotatable bonds is 10. The van der Waals surface area contributed by atoms with Crippen LogP contribution in [0.2, 0.25) is 0 Å². The van der Waals surface area contributed by atoms with E-state index in [9.17, 15) is 5.11 Å². The van der Waals surface area contributed by atoms with Crippen molar-refractivity contribution in [2.24, 2.45) is 10.4 Å². The molecule has 1 aromatic rings.